The third kappa shape index (κ3) is 2.11. The van der Waals surface area contributed by atoms with E-state index in [1.807, 2.05) is 31.2 Å². The van der Waals surface area contributed by atoms with Crippen LogP contribution in [0.2, 0.25) is 0 Å². The smallest absolute Gasteiger partial charge is 0.335 e. The Balaban J connectivity index is 1.79. The van der Waals surface area contributed by atoms with Crippen molar-refractivity contribution in [3.8, 4) is 5.75 Å². The number of ether oxygens (including phenoxy) is 1. The maximum atomic E-state index is 12.7. The number of para-hydroxylation sites is 1. The molecule has 0 aromatic heterocycles. The van der Waals surface area contributed by atoms with Crippen LogP contribution >= 0.6 is 0 Å². The largest absolute Gasteiger partial charge is 0.478 e. The number of aromatic carboxylic acids is 1. The lowest BCUT2D eigenvalue weighted by Crippen LogP contribution is -2.65. The van der Waals surface area contributed by atoms with Crippen molar-refractivity contribution in [3.63, 3.8) is 0 Å². The summed E-state index contributed by atoms with van der Waals surface area (Å²) >= 11 is 0. The number of carboxylic acids is 1. The van der Waals surface area contributed by atoms with Gasteiger partial charge in [-0.1, -0.05) is 24.3 Å². The number of hydrogen-bond donors (Lipinski definition) is 2. The van der Waals surface area contributed by atoms with Crippen LogP contribution < -0.4 is 15.0 Å². The van der Waals surface area contributed by atoms with Crippen molar-refractivity contribution in [2.75, 3.05) is 4.90 Å². The highest BCUT2D eigenvalue weighted by atomic mass is 16.5. The highest BCUT2D eigenvalue weighted by Crippen LogP contribution is 2.45. The molecule has 6 heteroatoms. The summed E-state index contributed by atoms with van der Waals surface area (Å²) in [5.74, 6) is -0.303. The van der Waals surface area contributed by atoms with Crippen LogP contribution in [0.25, 0.3) is 0 Å². The van der Waals surface area contributed by atoms with Gasteiger partial charge >= 0.3 is 12.0 Å². The van der Waals surface area contributed by atoms with Crippen molar-refractivity contribution in [1.82, 2.24) is 5.32 Å². The minimum absolute atomic E-state index is 0.119. The molecule has 0 aliphatic carbocycles. The summed E-state index contributed by atoms with van der Waals surface area (Å²) in [5.41, 5.74) is 0.704. The number of anilines is 1. The monoisotopic (exact) mass is 324 g/mol. The lowest BCUT2D eigenvalue weighted by molar-refractivity contribution is 0.0378. The number of carbonyl (C=O) groups excluding carboxylic acids is 1. The highest BCUT2D eigenvalue weighted by molar-refractivity contribution is 5.97. The molecule has 2 aromatic carbocycles. The first-order valence-electron chi connectivity index (χ1n) is 7.70. The predicted molar refractivity (Wildman–Crippen MR) is 87.2 cm³/mol. The second-order valence-electron chi connectivity index (χ2n) is 6.21. The highest BCUT2D eigenvalue weighted by Gasteiger charge is 2.49. The molecule has 0 saturated carbocycles. The van der Waals surface area contributed by atoms with Crippen molar-refractivity contribution in [2.45, 2.75) is 25.1 Å². The topological polar surface area (TPSA) is 78.9 Å². The Morgan fingerprint density at radius 3 is 2.88 bits per heavy atom. The van der Waals surface area contributed by atoms with Crippen LogP contribution in [0.4, 0.5) is 10.5 Å². The van der Waals surface area contributed by atoms with Gasteiger partial charge in [0.1, 0.15) is 5.75 Å². The number of carbonyl (C=O) groups is 2. The summed E-state index contributed by atoms with van der Waals surface area (Å²) in [5, 5.41) is 12.2. The first-order valence-corrected chi connectivity index (χ1v) is 7.70. The molecule has 1 saturated heterocycles. The van der Waals surface area contributed by atoms with E-state index in [2.05, 4.69) is 5.32 Å². The summed E-state index contributed by atoms with van der Waals surface area (Å²) < 4.78 is 6.15. The maximum absolute atomic E-state index is 12.7. The van der Waals surface area contributed by atoms with Gasteiger partial charge in [0.2, 0.25) is 0 Å². The molecule has 4 rings (SSSR count). The molecule has 2 bridgehead atoms. The number of urea groups is 1. The van der Waals surface area contributed by atoms with Crippen LogP contribution in [-0.4, -0.2) is 22.8 Å². The lowest BCUT2D eigenvalue weighted by Gasteiger charge is -2.50. The Labute approximate surface area is 138 Å². The van der Waals surface area contributed by atoms with Crippen LogP contribution in [0.1, 0.15) is 35.3 Å². The van der Waals surface area contributed by atoms with E-state index in [1.54, 1.807) is 12.1 Å². The fourth-order valence-electron chi connectivity index (χ4n) is 3.49. The summed E-state index contributed by atoms with van der Waals surface area (Å²) in [7, 11) is 0. The average molecular weight is 324 g/mol. The number of fused-ring (bicyclic) bond motifs is 4. The molecule has 2 aromatic rings. The molecule has 2 heterocycles. The molecular weight excluding hydrogens is 308 g/mol. The lowest BCUT2D eigenvalue weighted by atomic mass is 9.90. The first-order chi connectivity index (χ1) is 11.5. The number of hydrogen-bond acceptors (Lipinski definition) is 3. The molecule has 2 N–H and O–H groups in total. The molecule has 0 spiro atoms. The minimum Gasteiger partial charge on any atom is -0.478 e. The number of benzene rings is 2. The Kier molecular flexibility index (Phi) is 3.03. The summed E-state index contributed by atoms with van der Waals surface area (Å²) in [6, 6.07) is 13.5. The maximum Gasteiger partial charge on any atom is 0.335 e. The molecule has 2 atom stereocenters. The van der Waals surface area contributed by atoms with E-state index in [0.717, 1.165) is 11.3 Å². The second kappa shape index (κ2) is 4.99. The van der Waals surface area contributed by atoms with Crippen LogP contribution in [0.5, 0.6) is 5.75 Å². The molecule has 2 aliphatic rings. The fourth-order valence-corrected chi connectivity index (χ4v) is 3.49. The van der Waals surface area contributed by atoms with Crippen LogP contribution in [0.15, 0.2) is 48.5 Å². The van der Waals surface area contributed by atoms with Crippen LogP contribution in [0, 0.1) is 0 Å². The predicted octanol–water partition coefficient (Wildman–Crippen LogP) is 3.15. The number of rotatable bonds is 2. The van der Waals surface area contributed by atoms with E-state index in [4.69, 9.17) is 4.74 Å². The Morgan fingerprint density at radius 2 is 2.08 bits per heavy atom. The van der Waals surface area contributed by atoms with Gasteiger partial charge in [-0.3, -0.25) is 4.90 Å². The van der Waals surface area contributed by atoms with Crippen molar-refractivity contribution >= 4 is 17.7 Å². The first kappa shape index (κ1) is 14.6. The molecule has 2 aliphatic heterocycles. The number of carboxylic acid groups (broad SMARTS) is 1. The van der Waals surface area contributed by atoms with Crippen molar-refractivity contribution in [1.29, 1.82) is 0 Å². The molecule has 0 unspecified atom stereocenters. The quantitative estimate of drug-likeness (QED) is 0.889. The van der Waals surface area contributed by atoms with Gasteiger partial charge in [0.25, 0.3) is 0 Å². The van der Waals surface area contributed by atoms with Gasteiger partial charge in [-0.05, 0) is 31.2 Å². The van der Waals surface area contributed by atoms with E-state index >= 15 is 0 Å². The van der Waals surface area contributed by atoms with Gasteiger partial charge in [-0.25, -0.2) is 9.59 Å². The molecule has 1 fully saturated rings. The fraction of sp³-hybridized carbons (Fsp3) is 0.222. The Bertz CT molecular complexity index is 850. The Hall–Kier alpha value is -3.02. The van der Waals surface area contributed by atoms with Gasteiger partial charge in [0, 0.05) is 12.0 Å². The summed E-state index contributed by atoms with van der Waals surface area (Å²) in [6.07, 6.45) is 0.576. The second-order valence-corrected chi connectivity index (χ2v) is 6.21. The third-order valence-electron chi connectivity index (χ3n) is 4.53. The zero-order chi connectivity index (χ0) is 16.9. The van der Waals surface area contributed by atoms with Gasteiger partial charge in [-0.2, -0.15) is 0 Å². The number of amides is 2. The molecule has 6 nitrogen and oxygen atoms in total. The van der Waals surface area contributed by atoms with Gasteiger partial charge in [0.15, 0.2) is 5.72 Å². The van der Waals surface area contributed by atoms with Gasteiger partial charge < -0.3 is 15.2 Å². The van der Waals surface area contributed by atoms with E-state index in [9.17, 15) is 14.7 Å². The molecule has 2 amide bonds. The standard InChI is InChI=1S/C18H16N2O4/c1-18-10-14(13-7-2-3-8-15(13)24-18)19-17(23)20(18)12-6-4-5-11(9-12)16(21)22/h2-9,14H,10H2,1H3,(H,19,23)(H,21,22)/t14-,18+/m1/s1. The molecular formula is C18H16N2O4. The normalized spacial score (nSPS) is 24.6. The summed E-state index contributed by atoms with van der Waals surface area (Å²) in [4.78, 5) is 25.4. The van der Waals surface area contributed by atoms with E-state index in [-0.39, 0.29) is 17.6 Å². The zero-order valence-electron chi connectivity index (χ0n) is 13.0. The zero-order valence-corrected chi connectivity index (χ0v) is 13.0. The summed E-state index contributed by atoms with van der Waals surface area (Å²) in [6.45, 7) is 1.85. The van der Waals surface area contributed by atoms with E-state index < -0.39 is 11.7 Å². The molecule has 122 valence electrons. The number of nitrogens with one attached hydrogen (secondary N) is 1. The third-order valence-corrected chi connectivity index (χ3v) is 4.53. The van der Waals surface area contributed by atoms with Gasteiger partial charge in [0.05, 0.1) is 17.3 Å². The number of nitrogens with zero attached hydrogens (tertiary/aromatic N) is 1. The van der Waals surface area contributed by atoms with E-state index in [0.29, 0.717) is 12.1 Å². The van der Waals surface area contributed by atoms with E-state index in [1.165, 1.54) is 17.0 Å². The van der Waals surface area contributed by atoms with Crippen LogP contribution in [-0.2, 0) is 0 Å². The Morgan fingerprint density at radius 1 is 1.29 bits per heavy atom. The SMILES string of the molecule is C[C@]12C[C@@H](NC(=O)N1c1cccc(C(=O)O)c1)c1ccccc1O2. The molecule has 24 heavy (non-hydrogen) atoms. The molecule has 0 radical (unpaired) electrons. The van der Waals surface area contributed by atoms with Gasteiger partial charge in [-0.15, -0.1) is 0 Å². The minimum atomic E-state index is -1.03. The average Bonchev–Trinajstić information content (AvgIpc) is 2.54. The van der Waals surface area contributed by atoms with Crippen molar-refractivity contribution in [3.05, 3.63) is 59.7 Å². The van der Waals surface area contributed by atoms with Crippen LogP contribution in [0.3, 0.4) is 0 Å². The van der Waals surface area contributed by atoms with Crippen molar-refractivity contribution < 1.29 is 19.4 Å². The van der Waals surface area contributed by atoms with Crippen molar-refractivity contribution in [2.24, 2.45) is 0 Å².